The molecule has 1 saturated carbocycles. The maximum absolute atomic E-state index is 12.9. The molecule has 116 valence electrons. The molecular weight excluding hydrogens is 267 g/mol. The average molecular weight is 292 g/mol. The van der Waals surface area contributed by atoms with Crippen molar-refractivity contribution in [3.63, 3.8) is 0 Å². The van der Waals surface area contributed by atoms with Gasteiger partial charge in [-0.25, -0.2) is 4.39 Å². The number of benzene rings is 1. The Morgan fingerprint density at radius 2 is 1.81 bits per heavy atom. The quantitative estimate of drug-likeness (QED) is 0.844. The normalized spacial score (nSPS) is 22.4. The van der Waals surface area contributed by atoms with E-state index in [0.717, 1.165) is 24.3 Å². The number of hydrogen-bond donors (Lipinski definition) is 2. The van der Waals surface area contributed by atoms with Crippen LogP contribution in [0.15, 0.2) is 24.3 Å². The number of aliphatic hydroxyl groups is 1. The van der Waals surface area contributed by atoms with Crippen molar-refractivity contribution in [3.8, 4) is 0 Å². The standard InChI is InChI=1S/C17H25FN2O/c18-15-5-3-14(4-6-15)17(21)11-19-16-7-9-20(10-8-16)12-13-1-2-13/h3-6,13,16-17,19,21H,1-2,7-12H2. The number of nitrogens with one attached hydrogen (secondary N) is 1. The van der Waals surface area contributed by atoms with Crippen LogP contribution in [0.25, 0.3) is 0 Å². The van der Waals surface area contributed by atoms with Gasteiger partial charge in [0.25, 0.3) is 0 Å². The van der Waals surface area contributed by atoms with Gasteiger partial charge in [0, 0.05) is 19.1 Å². The van der Waals surface area contributed by atoms with Crippen molar-refractivity contribution < 1.29 is 9.50 Å². The Kier molecular flexibility index (Phi) is 4.88. The van der Waals surface area contributed by atoms with Crippen molar-refractivity contribution in [3.05, 3.63) is 35.6 Å². The maximum atomic E-state index is 12.9. The van der Waals surface area contributed by atoms with Gasteiger partial charge in [0.2, 0.25) is 0 Å². The average Bonchev–Trinajstić information content (AvgIpc) is 3.31. The first-order valence-corrected chi connectivity index (χ1v) is 8.10. The topological polar surface area (TPSA) is 35.5 Å². The van der Waals surface area contributed by atoms with Crippen molar-refractivity contribution in [2.75, 3.05) is 26.2 Å². The summed E-state index contributed by atoms with van der Waals surface area (Å²) in [5.41, 5.74) is 0.773. The van der Waals surface area contributed by atoms with Crippen LogP contribution in [-0.2, 0) is 0 Å². The predicted octanol–water partition coefficient (Wildman–Crippen LogP) is 2.32. The van der Waals surface area contributed by atoms with E-state index in [1.54, 1.807) is 12.1 Å². The van der Waals surface area contributed by atoms with Gasteiger partial charge >= 0.3 is 0 Å². The third-order valence-corrected chi connectivity index (χ3v) is 4.66. The molecule has 0 aromatic heterocycles. The molecule has 0 amide bonds. The second-order valence-corrected chi connectivity index (χ2v) is 6.49. The zero-order chi connectivity index (χ0) is 14.7. The summed E-state index contributed by atoms with van der Waals surface area (Å²) in [6.07, 6.45) is 4.59. The Morgan fingerprint density at radius 1 is 1.14 bits per heavy atom. The van der Waals surface area contributed by atoms with Gasteiger partial charge in [0.15, 0.2) is 0 Å². The largest absolute Gasteiger partial charge is 0.387 e. The first-order valence-electron chi connectivity index (χ1n) is 8.10. The highest BCUT2D eigenvalue weighted by Gasteiger charge is 2.27. The lowest BCUT2D eigenvalue weighted by molar-refractivity contribution is 0.149. The van der Waals surface area contributed by atoms with Crippen molar-refractivity contribution in [2.45, 2.75) is 37.8 Å². The summed E-state index contributed by atoms with van der Waals surface area (Å²) in [5.74, 6) is 0.705. The Hall–Kier alpha value is -0.970. The van der Waals surface area contributed by atoms with E-state index in [1.165, 1.54) is 44.6 Å². The SMILES string of the molecule is OC(CNC1CCN(CC2CC2)CC1)c1ccc(F)cc1. The molecule has 3 rings (SSSR count). The molecule has 1 aliphatic heterocycles. The summed E-state index contributed by atoms with van der Waals surface area (Å²) in [4.78, 5) is 2.58. The smallest absolute Gasteiger partial charge is 0.123 e. The van der Waals surface area contributed by atoms with E-state index >= 15 is 0 Å². The lowest BCUT2D eigenvalue weighted by Gasteiger charge is -2.33. The van der Waals surface area contributed by atoms with Crippen LogP contribution in [0.1, 0.15) is 37.4 Å². The van der Waals surface area contributed by atoms with Crippen LogP contribution in [-0.4, -0.2) is 42.2 Å². The van der Waals surface area contributed by atoms with Crippen LogP contribution in [0, 0.1) is 11.7 Å². The van der Waals surface area contributed by atoms with Gasteiger partial charge in [-0.05, 0) is 62.4 Å². The fourth-order valence-corrected chi connectivity index (χ4v) is 3.07. The van der Waals surface area contributed by atoms with E-state index in [2.05, 4.69) is 10.2 Å². The molecule has 1 unspecified atom stereocenters. The van der Waals surface area contributed by atoms with Gasteiger partial charge in [-0.2, -0.15) is 0 Å². The summed E-state index contributed by atoms with van der Waals surface area (Å²) in [6, 6.07) is 6.60. The van der Waals surface area contributed by atoms with Gasteiger partial charge in [0.05, 0.1) is 6.10 Å². The summed E-state index contributed by atoms with van der Waals surface area (Å²) in [7, 11) is 0. The van der Waals surface area contributed by atoms with E-state index in [0.29, 0.717) is 12.6 Å². The Bertz CT molecular complexity index is 439. The summed E-state index contributed by atoms with van der Waals surface area (Å²) < 4.78 is 12.9. The van der Waals surface area contributed by atoms with E-state index in [-0.39, 0.29) is 5.82 Å². The minimum Gasteiger partial charge on any atom is -0.387 e. The van der Waals surface area contributed by atoms with Gasteiger partial charge in [-0.15, -0.1) is 0 Å². The zero-order valence-electron chi connectivity index (χ0n) is 12.5. The Balaban J connectivity index is 1.38. The molecule has 1 saturated heterocycles. The van der Waals surface area contributed by atoms with Gasteiger partial charge < -0.3 is 15.3 Å². The van der Waals surface area contributed by atoms with E-state index < -0.39 is 6.10 Å². The summed E-state index contributed by atoms with van der Waals surface area (Å²) >= 11 is 0. The molecule has 2 N–H and O–H groups in total. The molecular formula is C17H25FN2O. The van der Waals surface area contributed by atoms with E-state index in [1.807, 2.05) is 0 Å². The Morgan fingerprint density at radius 3 is 2.43 bits per heavy atom. The second-order valence-electron chi connectivity index (χ2n) is 6.49. The highest BCUT2D eigenvalue weighted by molar-refractivity contribution is 5.18. The molecule has 1 atom stereocenters. The van der Waals surface area contributed by atoms with Crippen LogP contribution in [0.5, 0.6) is 0 Å². The molecule has 1 aliphatic carbocycles. The first-order chi connectivity index (χ1) is 10.2. The number of halogens is 1. The predicted molar refractivity (Wildman–Crippen MR) is 81.5 cm³/mol. The van der Waals surface area contributed by atoms with Crippen LogP contribution < -0.4 is 5.32 Å². The zero-order valence-corrected chi connectivity index (χ0v) is 12.5. The molecule has 2 aliphatic rings. The van der Waals surface area contributed by atoms with Crippen LogP contribution in [0.3, 0.4) is 0 Å². The third-order valence-electron chi connectivity index (χ3n) is 4.66. The molecule has 2 fully saturated rings. The van der Waals surface area contributed by atoms with Crippen LogP contribution in [0.4, 0.5) is 4.39 Å². The number of aliphatic hydroxyl groups excluding tert-OH is 1. The van der Waals surface area contributed by atoms with Gasteiger partial charge in [-0.3, -0.25) is 0 Å². The number of likely N-dealkylation sites (tertiary alicyclic amines) is 1. The number of piperidine rings is 1. The monoisotopic (exact) mass is 292 g/mol. The third kappa shape index (κ3) is 4.50. The molecule has 3 nitrogen and oxygen atoms in total. The highest BCUT2D eigenvalue weighted by Crippen LogP contribution is 2.30. The Labute approximate surface area is 126 Å². The lowest BCUT2D eigenvalue weighted by atomic mass is 10.0. The summed E-state index contributed by atoms with van der Waals surface area (Å²) in [6.45, 7) is 4.16. The molecule has 1 heterocycles. The van der Waals surface area contributed by atoms with Crippen LogP contribution in [0.2, 0.25) is 0 Å². The van der Waals surface area contributed by atoms with Gasteiger partial charge in [0.1, 0.15) is 5.82 Å². The molecule has 4 heteroatoms. The second kappa shape index (κ2) is 6.86. The van der Waals surface area contributed by atoms with Crippen LogP contribution >= 0.6 is 0 Å². The van der Waals surface area contributed by atoms with Crippen molar-refractivity contribution in [1.82, 2.24) is 10.2 Å². The fourth-order valence-electron chi connectivity index (χ4n) is 3.07. The minimum atomic E-state index is -0.560. The summed E-state index contributed by atoms with van der Waals surface area (Å²) in [5, 5.41) is 13.6. The van der Waals surface area contributed by atoms with Crippen molar-refractivity contribution in [2.24, 2.45) is 5.92 Å². The van der Waals surface area contributed by atoms with E-state index in [4.69, 9.17) is 0 Å². The highest BCUT2D eigenvalue weighted by atomic mass is 19.1. The fraction of sp³-hybridized carbons (Fsp3) is 0.647. The first kappa shape index (κ1) is 14.9. The van der Waals surface area contributed by atoms with E-state index in [9.17, 15) is 9.50 Å². The minimum absolute atomic E-state index is 0.262. The number of hydrogen-bond acceptors (Lipinski definition) is 3. The van der Waals surface area contributed by atoms with Crippen molar-refractivity contribution in [1.29, 1.82) is 0 Å². The lowest BCUT2D eigenvalue weighted by Crippen LogP contribution is -2.44. The molecule has 0 radical (unpaired) electrons. The molecule has 1 aromatic rings. The molecule has 1 aromatic carbocycles. The van der Waals surface area contributed by atoms with Crippen molar-refractivity contribution >= 4 is 0 Å². The molecule has 0 spiro atoms. The number of rotatable bonds is 6. The molecule has 0 bridgehead atoms. The van der Waals surface area contributed by atoms with Gasteiger partial charge in [-0.1, -0.05) is 12.1 Å². The maximum Gasteiger partial charge on any atom is 0.123 e. The molecule has 21 heavy (non-hydrogen) atoms. The number of nitrogens with zero attached hydrogens (tertiary/aromatic N) is 1.